The molecular weight excluding hydrogens is 238 g/mol. The van der Waals surface area contributed by atoms with Crippen LogP contribution in [0.1, 0.15) is 12.7 Å². The van der Waals surface area contributed by atoms with Gasteiger partial charge in [0.2, 0.25) is 0 Å². The molecule has 96 valence electrons. The smallest absolute Gasteiger partial charge is 0.258 e. The van der Waals surface area contributed by atoms with Crippen LogP contribution in [0, 0.1) is 6.92 Å². The van der Waals surface area contributed by atoms with Crippen molar-refractivity contribution >= 4 is 5.69 Å². The first kappa shape index (κ1) is 12.5. The minimum Gasteiger partial charge on any atom is -0.376 e. The van der Waals surface area contributed by atoms with Crippen molar-refractivity contribution in [2.24, 2.45) is 0 Å². The van der Waals surface area contributed by atoms with Crippen molar-refractivity contribution in [1.82, 2.24) is 15.2 Å². The molecule has 0 radical (unpaired) electrons. The average molecular weight is 252 g/mol. The number of halogens is 2. The SMILES string of the molecule is Cc1nc(-c2ccccc2NC(C)C(F)F)n[nH]1. The van der Waals surface area contributed by atoms with Crippen molar-refractivity contribution in [2.45, 2.75) is 26.3 Å². The average Bonchev–Trinajstić information content (AvgIpc) is 2.76. The van der Waals surface area contributed by atoms with Crippen LogP contribution in [0.15, 0.2) is 24.3 Å². The van der Waals surface area contributed by atoms with Crippen LogP contribution in [-0.2, 0) is 0 Å². The Balaban J connectivity index is 2.31. The van der Waals surface area contributed by atoms with Crippen molar-refractivity contribution in [3.63, 3.8) is 0 Å². The summed E-state index contributed by atoms with van der Waals surface area (Å²) in [6.45, 7) is 3.22. The van der Waals surface area contributed by atoms with Gasteiger partial charge in [-0.25, -0.2) is 13.8 Å². The molecule has 1 atom stereocenters. The van der Waals surface area contributed by atoms with Crippen molar-refractivity contribution in [1.29, 1.82) is 0 Å². The molecule has 0 saturated heterocycles. The number of benzene rings is 1. The number of anilines is 1. The maximum Gasteiger partial charge on any atom is 0.258 e. The third-order valence-electron chi connectivity index (χ3n) is 2.53. The number of aryl methyl sites for hydroxylation is 1. The monoisotopic (exact) mass is 252 g/mol. The Morgan fingerprint density at radius 2 is 2.00 bits per heavy atom. The van der Waals surface area contributed by atoms with E-state index in [1.54, 1.807) is 25.1 Å². The summed E-state index contributed by atoms with van der Waals surface area (Å²) in [5, 5.41) is 9.54. The second kappa shape index (κ2) is 5.12. The quantitative estimate of drug-likeness (QED) is 0.879. The molecule has 18 heavy (non-hydrogen) atoms. The van der Waals surface area contributed by atoms with Crippen molar-refractivity contribution in [2.75, 3.05) is 5.32 Å². The standard InChI is InChI=1S/C12H14F2N4/c1-7(11(13)14)15-10-6-4-3-5-9(10)12-16-8(2)17-18-12/h3-7,11,15H,1-2H3,(H,16,17,18). The number of para-hydroxylation sites is 1. The summed E-state index contributed by atoms with van der Waals surface area (Å²) in [6, 6.07) is 6.21. The van der Waals surface area contributed by atoms with Crippen LogP contribution in [0.25, 0.3) is 11.4 Å². The van der Waals surface area contributed by atoms with Gasteiger partial charge in [-0.2, -0.15) is 5.10 Å². The molecule has 0 aliphatic heterocycles. The third-order valence-corrected chi connectivity index (χ3v) is 2.53. The lowest BCUT2D eigenvalue weighted by molar-refractivity contribution is 0.131. The van der Waals surface area contributed by atoms with Crippen molar-refractivity contribution in [3.05, 3.63) is 30.1 Å². The zero-order valence-electron chi connectivity index (χ0n) is 10.1. The van der Waals surface area contributed by atoms with E-state index < -0.39 is 12.5 Å². The predicted octanol–water partition coefficient (Wildman–Crippen LogP) is 2.85. The fraction of sp³-hybridized carbons (Fsp3) is 0.333. The minimum absolute atomic E-state index is 0.497. The zero-order chi connectivity index (χ0) is 13.1. The maximum absolute atomic E-state index is 12.6. The molecule has 4 nitrogen and oxygen atoms in total. The van der Waals surface area contributed by atoms with Crippen molar-refractivity contribution in [3.8, 4) is 11.4 Å². The maximum atomic E-state index is 12.6. The van der Waals surface area contributed by atoms with Gasteiger partial charge >= 0.3 is 0 Å². The molecule has 1 unspecified atom stereocenters. The van der Waals surface area contributed by atoms with Crippen molar-refractivity contribution < 1.29 is 8.78 Å². The third kappa shape index (κ3) is 2.64. The fourth-order valence-electron chi connectivity index (χ4n) is 1.58. The van der Waals surface area contributed by atoms with E-state index in [0.717, 1.165) is 0 Å². The summed E-state index contributed by atoms with van der Waals surface area (Å²) in [6.07, 6.45) is -2.42. The topological polar surface area (TPSA) is 53.6 Å². The number of hydrogen-bond donors (Lipinski definition) is 2. The van der Waals surface area contributed by atoms with Gasteiger partial charge in [0, 0.05) is 11.3 Å². The molecule has 0 amide bonds. The molecule has 0 fully saturated rings. The first-order valence-corrected chi connectivity index (χ1v) is 5.61. The second-order valence-electron chi connectivity index (χ2n) is 4.06. The summed E-state index contributed by atoms with van der Waals surface area (Å²) < 4.78 is 25.1. The first-order valence-electron chi connectivity index (χ1n) is 5.61. The number of rotatable bonds is 4. The summed E-state index contributed by atoms with van der Waals surface area (Å²) in [7, 11) is 0. The minimum atomic E-state index is -2.42. The molecule has 2 aromatic rings. The van der Waals surface area contributed by atoms with Gasteiger partial charge in [-0.05, 0) is 26.0 Å². The van der Waals surface area contributed by atoms with Gasteiger partial charge in [0.05, 0.1) is 6.04 Å². The summed E-state index contributed by atoms with van der Waals surface area (Å²) in [4.78, 5) is 4.20. The molecule has 1 aromatic heterocycles. The van der Waals surface area contributed by atoms with E-state index in [-0.39, 0.29) is 0 Å². The lowest BCUT2D eigenvalue weighted by Crippen LogP contribution is -2.24. The molecule has 2 N–H and O–H groups in total. The number of hydrogen-bond acceptors (Lipinski definition) is 3. The molecule has 0 saturated carbocycles. The number of aromatic amines is 1. The highest BCUT2D eigenvalue weighted by molar-refractivity contribution is 5.73. The number of alkyl halides is 2. The van der Waals surface area contributed by atoms with E-state index in [1.807, 2.05) is 6.07 Å². The Bertz CT molecular complexity index is 524. The highest BCUT2D eigenvalue weighted by Gasteiger charge is 2.16. The Labute approximate surface area is 103 Å². The van der Waals surface area contributed by atoms with Crippen LogP contribution in [0.5, 0.6) is 0 Å². The largest absolute Gasteiger partial charge is 0.376 e. The molecule has 1 aromatic carbocycles. The van der Waals surface area contributed by atoms with Gasteiger partial charge < -0.3 is 5.32 Å². The Morgan fingerprint density at radius 1 is 1.28 bits per heavy atom. The van der Waals surface area contributed by atoms with Crippen LogP contribution in [0.2, 0.25) is 0 Å². The lowest BCUT2D eigenvalue weighted by Gasteiger charge is -2.16. The summed E-state index contributed by atoms with van der Waals surface area (Å²) in [5.74, 6) is 1.18. The number of H-pyrrole nitrogens is 1. The predicted molar refractivity (Wildman–Crippen MR) is 65.6 cm³/mol. The van der Waals surface area contributed by atoms with Crippen LogP contribution in [0.4, 0.5) is 14.5 Å². The molecular formula is C12H14F2N4. The second-order valence-corrected chi connectivity index (χ2v) is 4.06. The van der Waals surface area contributed by atoms with Gasteiger partial charge in [0.15, 0.2) is 5.82 Å². The highest BCUT2D eigenvalue weighted by atomic mass is 19.3. The van der Waals surface area contributed by atoms with E-state index in [1.165, 1.54) is 6.92 Å². The molecule has 6 heteroatoms. The van der Waals surface area contributed by atoms with Gasteiger partial charge in [0.1, 0.15) is 5.82 Å². The van der Waals surface area contributed by atoms with E-state index in [2.05, 4.69) is 20.5 Å². The fourth-order valence-corrected chi connectivity index (χ4v) is 1.58. The van der Waals surface area contributed by atoms with Crippen LogP contribution >= 0.6 is 0 Å². The Morgan fingerprint density at radius 3 is 2.61 bits per heavy atom. The molecule has 2 rings (SSSR count). The molecule has 0 spiro atoms. The van der Waals surface area contributed by atoms with Gasteiger partial charge in [-0.1, -0.05) is 12.1 Å². The highest BCUT2D eigenvalue weighted by Crippen LogP contribution is 2.26. The number of nitrogens with one attached hydrogen (secondary N) is 2. The Hall–Kier alpha value is -1.98. The zero-order valence-corrected chi connectivity index (χ0v) is 10.1. The van der Waals surface area contributed by atoms with Crippen LogP contribution in [-0.4, -0.2) is 27.6 Å². The first-order chi connectivity index (χ1) is 8.58. The lowest BCUT2D eigenvalue weighted by atomic mass is 10.1. The molecule has 0 aliphatic carbocycles. The van der Waals surface area contributed by atoms with Gasteiger partial charge in [0.25, 0.3) is 6.43 Å². The number of nitrogens with zero attached hydrogens (tertiary/aromatic N) is 2. The van der Waals surface area contributed by atoms with Gasteiger partial charge in [-0.3, -0.25) is 5.10 Å². The van der Waals surface area contributed by atoms with E-state index in [4.69, 9.17) is 0 Å². The number of aromatic nitrogens is 3. The van der Waals surface area contributed by atoms with Gasteiger partial charge in [-0.15, -0.1) is 0 Å². The summed E-state index contributed by atoms with van der Waals surface area (Å²) >= 11 is 0. The Kier molecular flexibility index (Phi) is 3.55. The van der Waals surface area contributed by atoms with Crippen LogP contribution < -0.4 is 5.32 Å². The molecule has 0 aliphatic rings. The summed E-state index contributed by atoms with van der Waals surface area (Å²) in [5.41, 5.74) is 1.30. The normalized spacial score (nSPS) is 12.7. The van der Waals surface area contributed by atoms with Crippen LogP contribution in [0.3, 0.4) is 0 Å². The molecule has 1 heterocycles. The molecule has 0 bridgehead atoms. The van der Waals surface area contributed by atoms with E-state index >= 15 is 0 Å². The van der Waals surface area contributed by atoms with E-state index in [0.29, 0.717) is 22.9 Å². The van der Waals surface area contributed by atoms with E-state index in [9.17, 15) is 8.78 Å².